The first-order chi connectivity index (χ1) is 15.6. The molecule has 0 bridgehead atoms. The van der Waals surface area contributed by atoms with Gasteiger partial charge in [0, 0.05) is 46.6 Å². The number of aromatic nitrogens is 2. The molecule has 1 aliphatic heterocycles. The van der Waals surface area contributed by atoms with Crippen LogP contribution in [0.4, 0.5) is 0 Å². The minimum absolute atomic E-state index is 0.281. The van der Waals surface area contributed by atoms with Crippen LogP contribution in [0.5, 0.6) is 0 Å². The Morgan fingerprint density at radius 3 is 2.62 bits per heavy atom. The zero-order chi connectivity index (χ0) is 21.4. The highest BCUT2D eigenvalue weighted by atomic mass is 16.4. The fourth-order valence-corrected chi connectivity index (χ4v) is 6.59. The predicted molar refractivity (Wildman–Crippen MR) is 127 cm³/mol. The van der Waals surface area contributed by atoms with Crippen molar-refractivity contribution in [2.45, 2.75) is 64.0 Å². The SMILES string of the molecule is O=C(O)c1ccc2c(C3CCCCC3)c3n(c2c1)CC1(CC1)Cn1ccc2cccc-3c21. The van der Waals surface area contributed by atoms with Crippen LogP contribution >= 0.6 is 0 Å². The third kappa shape index (κ3) is 2.58. The Morgan fingerprint density at radius 2 is 1.84 bits per heavy atom. The minimum Gasteiger partial charge on any atom is -0.478 e. The number of carboxylic acids is 1. The van der Waals surface area contributed by atoms with Crippen LogP contribution in [-0.4, -0.2) is 20.2 Å². The van der Waals surface area contributed by atoms with E-state index in [1.807, 2.05) is 6.07 Å². The van der Waals surface area contributed by atoms with Crippen LogP contribution in [0.25, 0.3) is 33.1 Å². The highest BCUT2D eigenvalue weighted by molar-refractivity contribution is 6.02. The van der Waals surface area contributed by atoms with Crippen molar-refractivity contribution in [1.82, 2.24) is 9.13 Å². The van der Waals surface area contributed by atoms with Crippen molar-refractivity contribution < 1.29 is 9.90 Å². The molecule has 2 aromatic heterocycles. The Hall–Kier alpha value is -3.01. The van der Waals surface area contributed by atoms with Crippen molar-refractivity contribution in [2.75, 3.05) is 0 Å². The number of carboxylic acid groups (broad SMARTS) is 1. The minimum atomic E-state index is -0.843. The fourth-order valence-electron chi connectivity index (χ4n) is 6.59. The van der Waals surface area contributed by atoms with Crippen molar-refractivity contribution >= 4 is 27.8 Å². The van der Waals surface area contributed by atoms with E-state index < -0.39 is 5.97 Å². The highest BCUT2D eigenvalue weighted by Crippen LogP contribution is 2.54. The van der Waals surface area contributed by atoms with Gasteiger partial charge in [-0.2, -0.15) is 0 Å². The van der Waals surface area contributed by atoms with E-state index in [4.69, 9.17) is 0 Å². The first-order valence-corrected chi connectivity index (χ1v) is 12.1. The van der Waals surface area contributed by atoms with Gasteiger partial charge in [0.15, 0.2) is 0 Å². The number of rotatable bonds is 2. The van der Waals surface area contributed by atoms with Crippen molar-refractivity contribution in [2.24, 2.45) is 5.41 Å². The topological polar surface area (TPSA) is 47.2 Å². The van der Waals surface area contributed by atoms with Crippen LogP contribution in [0.2, 0.25) is 0 Å². The molecule has 2 aromatic carbocycles. The molecule has 0 unspecified atom stereocenters. The molecular weight excluding hydrogens is 396 g/mol. The van der Waals surface area contributed by atoms with Gasteiger partial charge in [0.1, 0.15) is 0 Å². The zero-order valence-electron chi connectivity index (χ0n) is 18.3. The lowest BCUT2D eigenvalue weighted by atomic mass is 9.81. The molecule has 32 heavy (non-hydrogen) atoms. The summed E-state index contributed by atoms with van der Waals surface area (Å²) >= 11 is 0. The molecule has 1 N–H and O–H groups in total. The molecule has 4 aromatic rings. The molecule has 4 heteroatoms. The summed E-state index contributed by atoms with van der Waals surface area (Å²) in [6.45, 7) is 2.02. The van der Waals surface area contributed by atoms with Crippen molar-refractivity contribution in [3.05, 3.63) is 59.8 Å². The van der Waals surface area contributed by atoms with Gasteiger partial charge < -0.3 is 14.2 Å². The van der Waals surface area contributed by atoms with Gasteiger partial charge in [0.2, 0.25) is 0 Å². The Bertz CT molecular complexity index is 1400. The Kier molecular flexibility index (Phi) is 3.77. The first kappa shape index (κ1) is 18.6. The summed E-state index contributed by atoms with van der Waals surface area (Å²) in [7, 11) is 0. The number of nitrogens with zero attached hydrogens (tertiary/aromatic N) is 2. The maximum Gasteiger partial charge on any atom is 0.335 e. The summed E-state index contributed by atoms with van der Waals surface area (Å²) in [6, 6.07) is 14.8. The van der Waals surface area contributed by atoms with Gasteiger partial charge in [0.25, 0.3) is 0 Å². The van der Waals surface area contributed by atoms with Crippen LogP contribution in [0.15, 0.2) is 48.7 Å². The average Bonchev–Trinajstić information content (AvgIpc) is 3.33. The number of carbonyl (C=O) groups is 1. The lowest BCUT2D eigenvalue weighted by Gasteiger charge is -2.27. The third-order valence-electron chi connectivity index (χ3n) is 8.36. The fraction of sp³-hybridized carbons (Fsp3) is 0.393. The summed E-state index contributed by atoms with van der Waals surface area (Å²) in [5.74, 6) is -0.295. The molecule has 0 amide bonds. The second-order valence-electron chi connectivity index (χ2n) is 10.4. The number of hydrogen-bond acceptors (Lipinski definition) is 1. The van der Waals surface area contributed by atoms with Crippen molar-refractivity contribution in [3.8, 4) is 11.3 Å². The Morgan fingerprint density at radius 1 is 1.00 bits per heavy atom. The van der Waals surface area contributed by atoms with Crippen molar-refractivity contribution in [3.63, 3.8) is 0 Å². The van der Waals surface area contributed by atoms with Crippen LogP contribution < -0.4 is 0 Å². The van der Waals surface area contributed by atoms with Gasteiger partial charge in [-0.05, 0) is 55.4 Å². The van der Waals surface area contributed by atoms with Crippen LogP contribution in [0.3, 0.4) is 0 Å². The number of para-hydroxylation sites is 1. The van der Waals surface area contributed by atoms with E-state index in [1.54, 1.807) is 6.07 Å². The van der Waals surface area contributed by atoms with E-state index in [2.05, 4.69) is 45.7 Å². The summed E-state index contributed by atoms with van der Waals surface area (Å²) in [5.41, 5.74) is 7.27. The normalized spacial score (nSPS) is 19.8. The molecule has 0 radical (unpaired) electrons. The van der Waals surface area contributed by atoms with E-state index >= 15 is 0 Å². The van der Waals surface area contributed by atoms with E-state index in [9.17, 15) is 9.90 Å². The third-order valence-corrected chi connectivity index (χ3v) is 8.36. The molecule has 7 rings (SSSR count). The summed E-state index contributed by atoms with van der Waals surface area (Å²) in [5, 5.41) is 12.3. The predicted octanol–water partition coefficient (Wildman–Crippen LogP) is 6.80. The molecular formula is C28H28N2O2. The maximum atomic E-state index is 11.9. The lowest BCUT2D eigenvalue weighted by molar-refractivity contribution is 0.0697. The van der Waals surface area contributed by atoms with Gasteiger partial charge in [-0.3, -0.25) is 0 Å². The number of fused-ring (bicyclic) bond motifs is 4. The van der Waals surface area contributed by atoms with Gasteiger partial charge in [0.05, 0.1) is 16.8 Å². The summed E-state index contributed by atoms with van der Waals surface area (Å²) < 4.78 is 5.01. The quantitative estimate of drug-likeness (QED) is 0.384. The molecule has 3 heterocycles. The van der Waals surface area contributed by atoms with Gasteiger partial charge in [-0.15, -0.1) is 0 Å². The van der Waals surface area contributed by atoms with Crippen LogP contribution in [-0.2, 0) is 13.1 Å². The second kappa shape index (κ2) is 6.50. The van der Waals surface area contributed by atoms with E-state index in [0.29, 0.717) is 11.5 Å². The molecule has 3 aliphatic rings. The Balaban J connectivity index is 1.62. The molecule has 2 fully saturated rings. The molecule has 0 atom stereocenters. The van der Waals surface area contributed by atoms with Crippen LogP contribution in [0.1, 0.15) is 66.8 Å². The molecule has 2 saturated carbocycles. The molecule has 162 valence electrons. The van der Waals surface area contributed by atoms with Gasteiger partial charge in [-0.25, -0.2) is 4.79 Å². The smallest absolute Gasteiger partial charge is 0.335 e. The van der Waals surface area contributed by atoms with E-state index in [0.717, 1.165) is 18.6 Å². The van der Waals surface area contributed by atoms with E-state index in [1.165, 1.54) is 78.1 Å². The summed E-state index contributed by atoms with van der Waals surface area (Å²) in [6.07, 6.45) is 11.1. The second-order valence-corrected chi connectivity index (χ2v) is 10.4. The highest BCUT2D eigenvalue weighted by Gasteiger charge is 2.45. The standard InChI is InChI=1S/C28H28N2O2/c31-27(32)20-9-10-21-23(15-20)30-17-28(12-13-28)16-29-14-11-19-7-4-8-22(25(19)29)26(30)24(21)18-5-2-1-3-6-18/h4,7-11,14-15,18H,1-3,5-6,12-13,16-17H2,(H,31,32). The number of benzene rings is 2. The van der Waals surface area contributed by atoms with Crippen LogP contribution in [0, 0.1) is 5.41 Å². The molecule has 1 spiro atoms. The Labute approximate surface area is 187 Å². The first-order valence-electron chi connectivity index (χ1n) is 12.1. The molecule has 0 saturated heterocycles. The number of hydrogen-bond donors (Lipinski definition) is 1. The zero-order valence-corrected chi connectivity index (χ0v) is 18.3. The average molecular weight is 425 g/mol. The van der Waals surface area contributed by atoms with Gasteiger partial charge >= 0.3 is 5.97 Å². The lowest BCUT2D eigenvalue weighted by Crippen LogP contribution is -2.21. The van der Waals surface area contributed by atoms with Gasteiger partial charge in [-0.1, -0.05) is 43.5 Å². The summed E-state index contributed by atoms with van der Waals surface area (Å²) in [4.78, 5) is 11.9. The largest absolute Gasteiger partial charge is 0.478 e. The van der Waals surface area contributed by atoms with E-state index in [-0.39, 0.29) is 5.41 Å². The monoisotopic (exact) mass is 424 g/mol. The molecule has 4 nitrogen and oxygen atoms in total. The molecule has 2 aliphatic carbocycles. The number of aromatic carboxylic acids is 1. The maximum absolute atomic E-state index is 11.9. The van der Waals surface area contributed by atoms with Crippen molar-refractivity contribution in [1.29, 1.82) is 0 Å².